The lowest BCUT2D eigenvalue weighted by molar-refractivity contribution is -0.384. The van der Waals surface area contributed by atoms with Crippen molar-refractivity contribution in [1.29, 1.82) is 0 Å². The van der Waals surface area contributed by atoms with Gasteiger partial charge in [0.2, 0.25) is 0 Å². The Bertz CT molecular complexity index is 844. The number of hydrogen-bond donors (Lipinski definition) is 1. The number of nitrogens with one attached hydrogen (secondary N) is 1. The second kappa shape index (κ2) is 8.57. The van der Waals surface area contributed by atoms with Gasteiger partial charge in [-0.25, -0.2) is 0 Å². The molecule has 0 unspecified atom stereocenters. The number of anilines is 3. The molecule has 0 radical (unpaired) electrons. The van der Waals surface area contributed by atoms with Gasteiger partial charge in [-0.05, 0) is 36.4 Å². The third-order valence-corrected chi connectivity index (χ3v) is 5.70. The predicted molar refractivity (Wildman–Crippen MR) is 116 cm³/mol. The van der Waals surface area contributed by atoms with Gasteiger partial charge >= 0.3 is 0 Å². The summed E-state index contributed by atoms with van der Waals surface area (Å²) in [4.78, 5) is 18.1. The molecule has 2 saturated heterocycles. The quantitative estimate of drug-likeness (QED) is 0.613. The molecule has 8 heteroatoms. The van der Waals surface area contributed by atoms with Crippen LogP contribution in [-0.4, -0.2) is 64.4 Å². The van der Waals surface area contributed by atoms with Crippen LogP contribution in [0.5, 0.6) is 5.75 Å². The molecule has 1 N–H and O–H groups in total. The summed E-state index contributed by atoms with van der Waals surface area (Å²) in [6, 6.07) is 13.6. The molecular formula is C21H27N5O3. The lowest BCUT2D eigenvalue weighted by Crippen LogP contribution is -2.47. The van der Waals surface area contributed by atoms with Crippen molar-refractivity contribution in [3.05, 3.63) is 52.6 Å². The van der Waals surface area contributed by atoms with Crippen molar-refractivity contribution in [2.24, 2.45) is 0 Å². The zero-order valence-electron chi connectivity index (χ0n) is 16.7. The lowest BCUT2D eigenvalue weighted by Gasteiger charge is -2.37. The number of rotatable bonds is 5. The molecule has 0 bridgehead atoms. The van der Waals surface area contributed by atoms with Crippen molar-refractivity contribution < 1.29 is 9.66 Å². The topological polar surface area (TPSA) is 74.1 Å². The first-order valence-corrected chi connectivity index (χ1v) is 10.0. The Morgan fingerprint density at radius 1 is 0.862 bits per heavy atom. The van der Waals surface area contributed by atoms with Gasteiger partial charge < -0.3 is 24.8 Å². The normalized spacial score (nSPS) is 17.3. The summed E-state index contributed by atoms with van der Waals surface area (Å²) in [6.07, 6.45) is 0. The van der Waals surface area contributed by atoms with Crippen LogP contribution < -0.4 is 24.8 Å². The van der Waals surface area contributed by atoms with Crippen molar-refractivity contribution in [3.63, 3.8) is 0 Å². The average Bonchev–Trinajstić information content (AvgIpc) is 2.79. The molecule has 0 amide bonds. The van der Waals surface area contributed by atoms with Gasteiger partial charge in [0.25, 0.3) is 5.69 Å². The maximum absolute atomic E-state index is 11.6. The molecule has 0 saturated carbocycles. The third-order valence-electron chi connectivity index (χ3n) is 5.70. The van der Waals surface area contributed by atoms with E-state index in [1.807, 2.05) is 24.3 Å². The van der Waals surface area contributed by atoms with E-state index in [0.717, 1.165) is 75.2 Å². The maximum atomic E-state index is 11.6. The lowest BCUT2D eigenvalue weighted by atomic mass is 10.1. The second-order valence-electron chi connectivity index (χ2n) is 7.34. The molecular weight excluding hydrogens is 370 g/mol. The number of methoxy groups -OCH3 is 1. The fourth-order valence-corrected chi connectivity index (χ4v) is 4.04. The summed E-state index contributed by atoms with van der Waals surface area (Å²) in [7, 11) is 1.66. The molecule has 2 fully saturated rings. The van der Waals surface area contributed by atoms with Gasteiger partial charge in [0.1, 0.15) is 11.4 Å². The first kappa shape index (κ1) is 19.3. The first-order valence-electron chi connectivity index (χ1n) is 10.0. The number of piperazine rings is 2. The van der Waals surface area contributed by atoms with Crippen LogP contribution in [0.25, 0.3) is 0 Å². The van der Waals surface area contributed by atoms with Crippen LogP contribution in [-0.2, 0) is 0 Å². The standard InChI is InChI=1S/C21H27N5O3/c1-29-19-5-2-17(3-6-19)24-12-14-25(15-13-24)21-16-18(4-7-20(21)26(27)28)23-10-8-22-9-11-23/h2-7,16,22H,8-15H2,1H3. The minimum atomic E-state index is -0.271. The SMILES string of the molecule is COc1ccc(N2CCN(c3cc(N4CCNCC4)ccc3[N+](=O)[O-])CC2)cc1. The number of nitro benzene ring substituents is 1. The van der Waals surface area contributed by atoms with Crippen LogP contribution in [0.1, 0.15) is 0 Å². The number of hydrogen-bond acceptors (Lipinski definition) is 7. The zero-order chi connectivity index (χ0) is 20.2. The minimum absolute atomic E-state index is 0.182. The van der Waals surface area contributed by atoms with Crippen LogP contribution in [0.4, 0.5) is 22.7 Å². The summed E-state index contributed by atoms with van der Waals surface area (Å²) in [5.74, 6) is 0.840. The highest BCUT2D eigenvalue weighted by Crippen LogP contribution is 2.34. The molecule has 2 aliphatic rings. The van der Waals surface area contributed by atoms with E-state index in [2.05, 4.69) is 32.1 Å². The largest absolute Gasteiger partial charge is 0.497 e. The molecule has 0 spiro atoms. The second-order valence-corrected chi connectivity index (χ2v) is 7.34. The average molecular weight is 397 g/mol. The van der Waals surface area contributed by atoms with Crippen molar-refractivity contribution in [1.82, 2.24) is 5.32 Å². The number of benzene rings is 2. The summed E-state index contributed by atoms with van der Waals surface area (Å²) in [5.41, 5.74) is 3.11. The molecule has 8 nitrogen and oxygen atoms in total. The molecule has 0 atom stereocenters. The molecule has 2 heterocycles. The summed E-state index contributed by atoms with van der Waals surface area (Å²) in [5, 5.41) is 15.0. The van der Waals surface area contributed by atoms with Crippen molar-refractivity contribution in [2.75, 3.05) is 74.2 Å². The van der Waals surface area contributed by atoms with E-state index in [9.17, 15) is 10.1 Å². The van der Waals surface area contributed by atoms with Gasteiger partial charge in [-0.1, -0.05) is 0 Å². The Hall–Kier alpha value is -3.00. The molecule has 2 aromatic rings. The van der Waals surface area contributed by atoms with Crippen LogP contribution in [0.15, 0.2) is 42.5 Å². The van der Waals surface area contributed by atoms with Gasteiger partial charge in [-0.3, -0.25) is 10.1 Å². The van der Waals surface area contributed by atoms with E-state index in [-0.39, 0.29) is 10.6 Å². The van der Waals surface area contributed by atoms with E-state index >= 15 is 0 Å². The highest BCUT2D eigenvalue weighted by Gasteiger charge is 2.25. The Labute approximate surface area is 170 Å². The summed E-state index contributed by atoms with van der Waals surface area (Å²) < 4.78 is 5.23. The molecule has 2 aromatic carbocycles. The van der Waals surface area contributed by atoms with Gasteiger partial charge in [-0.15, -0.1) is 0 Å². The van der Waals surface area contributed by atoms with E-state index in [1.54, 1.807) is 13.2 Å². The Morgan fingerprint density at radius 2 is 1.45 bits per heavy atom. The smallest absolute Gasteiger partial charge is 0.292 e. The number of nitro groups is 1. The van der Waals surface area contributed by atoms with E-state index in [0.29, 0.717) is 0 Å². The van der Waals surface area contributed by atoms with E-state index in [4.69, 9.17) is 4.74 Å². The van der Waals surface area contributed by atoms with E-state index in [1.165, 1.54) is 0 Å². The van der Waals surface area contributed by atoms with Crippen LogP contribution in [0.3, 0.4) is 0 Å². The molecule has 0 aliphatic carbocycles. The molecule has 29 heavy (non-hydrogen) atoms. The fraction of sp³-hybridized carbons (Fsp3) is 0.429. The maximum Gasteiger partial charge on any atom is 0.292 e. The Kier molecular flexibility index (Phi) is 5.71. The summed E-state index contributed by atoms with van der Waals surface area (Å²) in [6.45, 7) is 6.85. The third kappa shape index (κ3) is 4.22. The van der Waals surface area contributed by atoms with Crippen LogP contribution >= 0.6 is 0 Å². The van der Waals surface area contributed by atoms with Gasteiger partial charge in [0, 0.05) is 69.8 Å². The highest BCUT2D eigenvalue weighted by atomic mass is 16.6. The fourth-order valence-electron chi connectivity index (χ4n) is 4.04. The van der Waals surface area contributed by atoms with Gasteiger partial charge in [0.05, 0.1) is 12.0 Å². The Balaban J connectivity index is 1.50. The van der Waals surface area contributed by atoms with Crippen LogP contribution in [0, 0.1) is 10.1 Å². The summed E-state index contributed by atoms with van der Waals surface area (Å²) >= 11 is 0. The van der Waals surface area contributed by atoms with Crippen molar-refractivity contribution in [2.45, 2.75) is 0 Å². The first-order chi connectivity index (χ1) is 14.2. The Morgan fingerprint density at radius 3 is 2.07 bits per heavy atom. The molecule has 0 aromatic heterocycles. The molecule has 4 rings (SSSR count). The number of ether oxygens (including phenoxy) is 1. The number of nitrogens with zero attached hydrogens (tertiary/aromatic N) is 4. The monoisotopic (exact) mass is 397 g/mol. The van der Waals surface area contributed by atoms with Gasteiger partial charge in [-0.2, -0.15) is 0 Å². The van der Waals surface area contributed by atoms with Crippen molar-refractivity contribution in [3.8, 4) is 5.75 Å². The van der Waals surface area contributed by atoms with Gasteiger partial charge in [0.15, 0.2) is 0 Å². The molecule has 2 aliphatic heterocycles. The predicted octanol–water partition coefficient (Wildman–Crippen LogP) is 2.34. The van der Waals surface area contributed by atoms with E-state index < -0.39 is 0 Å². The zero-order valence-corrected chi connectivity index (χ0v) is 16.7. The van der Waals surface area contributed by atoms with Crippen LogP contribution in [0.2, 0.25) is 0 Å². The minimum Gasteiger partial charge on any atom is -0.497 e. The molecule has 154 valence electrons. The highest BCUT2D eigenvalue weighted by molar-refractivity contribution is 5.71. The van der Waals surface area contributed by atoms with Crippen molar-refractivity contribution >= 4 is 22.7 Å².